The standard InChI is InChI=1S/C12H19NO/c1-9(2)8-13-11-7-10(3)5-6-12(11)14-4/h5-7,9,13H,8H2,1-4H3. The van der Waals surface area contributed by atoms with Gasteiger partial charge in [0.15, 0.2) is 0 Å². The van der Waals surface area contributed by atoms with Crippen molar-refractivity contribution in [3.8, 4) is 5.75 Å². The Balaban J connectivity index is 2.77. The number of hydrogen-bond acceptors (Lipinski definition) is 2. The van der Waals surface area contributed by atoms with Crippen molar-refractivity contribution in [2.45, 2.75) is 20.8 Å². The molecule has 0 aliphatic heterocycles. The quantitative estimate of drug-likeness (QED) is 0.793. The van der Waals surface area contributed by atoms with Gasteiger partial charge in [-0.05, 0) is 30.5 Å². The molecule has 0 radical (unpaired) electrons. The Hall–Kier alpha value is -1.18. The molecule has 0 aromatic heterocycles. The molecule has 0 fully saturated rings. The van der Waals surface area contributed by atoms with Crippen LogP contribution in [0.15, 0.2) is 18.2 Å². The van der Waals surface area contributed by atoms with Gasteiger partial charge in [-0.15, -0.1) is 0 Å². The molecule has 2 nitrogen and oxygen atoms in total. The zero-order valence-electron chi connectivity index (χ0n) is 9.42. The first-order valence-electron chi connectivity index (χ1n) is 5.02. The van der Waals surface area contributed by atoms with Gasteiger partial charge in [-0.25, -0.2) is 0 Å². The highest BCUT2D eigenvalue weighted by Crippen LogP contribution is 2.25. The van der Waals surface area contributed by atoms with Crippen LogP contribution in [0.4, 0.5) is 5.69 Å². The van der Waals surface area contributed by atoms with Gasteiger partial charge in [0.2, 0.25) is 0 Å². The Labute approximate surface area is 86.3 Å². The number of methoxy groups -OCH3 is 1. The Morgan fingerprint density at radius 1 is 1.36 bits per heavy atom. The molecule has 2 heteroatoms. The zero-order valence-corrected chi connectivity index (χ0v) is 9.42. The van der Waals surface area contributed by atoms with Crippen molar-refractivity contribution in [1.29, 1.82) is 0 Å². The summed E-state index contributed by atoms with van der Waals surface area (Å²) in [6, 6.07) is 6.17. The maximum atomic E-state index is 5.27. The van der Waals surface area contributed by atoms with Crippen molar-refractivity contribution < 1.29 is 4.74 Å². The van der Waals surface area contributed by atoms with Gasteiger partial charge in [0, 0.05) is 6.54 Å². The molecule has 78 valence electrons. The first kappa shape index (κ1) is 10.9. The second kappa shape index (κ2) is 4.89. The van der Waals surface area contributed by atoms with Gasteiger partial charge in [-0.1, -0.05) is 19.9 Å². The minimum absolute atomic E-state index is 0.639. The number of ether oxygens (including phenoxy) is 1. The van der Waals surface area contributed by atoms with E-state index in [9.17, 15) is 0 Å². The van der Waals surface area contributed by atoms with Crippen molar-refractivity contribution in [1.82, 2.24) is 0 Å². The van der Waals surface area contributed by atoms with Gasteiger partial charge in [-0.3, -0.25) is 0 Å². The highest BCUT2D eigenvalue weighted by atomic mass is 16.5. The Morgan fingerprint density at radius 2 is 2.07 bits per heavy atom. The van der Waals surface area contributed by atoms with Crippen LogP contribution in [-0.4, -0.2) is 13.7 Å². The summed E-state index contributed by atoms with van der Waals surface area (Å²) >= 11 is 0. The first-order valence-corrected chi connectivity index (χ1v) is 5.02. The molecule has 1 N–H and O–H groups in total. The molecule has 1 rings (SSSR count). The highest BCUT2D eigenvalue weighted by Gasteiger charge is 2.02. The SMILES string of the molecule is COc1ccc(C)cc1NCC(C)C. The fourth-order valence-electron chi connectivity index (χ4n) is 1.27. The number of benzene rings is 1. The maximum absolute atomic E-state index is 5.27. The average molecular weight is 193 g/mol. The molecule has 1 aromatic carbocycles. The lowest BCUT2D eigenvalue weighted by atomic mass is 10.2. The first-order chi connectivity index (χ1) is 6.63. The second-order valence-corrected chi connectivity index (χ2v) is 3.98. The highest BCUT2D eigenvalue weighted by molar-refractivity contribution is 5.57. The fraction of sp³-hybridized carbons (Fsp3) is 0.500. The predicted molar refractivity (Wildman–Crippen MR) is 61.1 cm³/mol. The number of anilines is 1. The summed E-state index contributed by atoms with van der Waals surface area (Å²) < 4.78 is 5.27. The van der Waals surface area contributed by atoms with Crippen molar-refractivity contribution in [3.63, 3.8) is 0 Å². The summed E-state index contributed by atoms with van der Waals surface area (Å²) in [7, 11) is 1.70. The molecule has 0 saturated carbocycles. The van der Waals surface area contributed by atoms with E-state index in [1.807, 2.05) is 6.07 Å². The van der Waals surface area contributed by atoms with Gasteiger partial charge >= 0.3 is 0 Å². The van der Waals surface area contributed by atoms with E-state index >= 15 is 0 Å². The molecule has 0 aliphatic carbocycles. The molecule has 0 aliphatic rings. The minimum atomic E-state index is 0.639. The van der Waals surface area contributed by atoms with E-state index < -0.39 is 0 Å². The molecular weight excluding hydrogens is 174 g/mol. The maximum Gasteiger partial charge on any atom is 0.141 e. The topological polar surface area (TPSA) is 21.3 Å². The molecule has 0 atom stereocenters. The van der Waals surface area contributed by atoms with Crippen LogP contribution in [0, 0.1) is 12.8 Å². The third-order valence-corrected chi connectivity index (χ3v) is 2.06. The third kappa shape index (κ3) is 2.95. The monoisotopic (exact) mass is 193 g/mol. The molecular formula is C12H19NO. The second-order valence-electron chi connectivity index (χ2n) is 3.98. The summed E-state index contributed by atoms with van der Waals surface area (Å²) in [5.74, 6) is 1.55. The third-order valence-electron chi connectivity index (χ3n) is 2.06. The summed E-state index contributed by atoms with van der Waals surface area (Å²) in [5.41, 5.74) is 2.33. The van der Waals surface area contributed by atoms with Crippen LogP contribution in [-0.2, 0) is 0 Å². The number of rotatable bonds is 4. The van der Waals surface area contributed by atoms with Crippen LogP contribution in [0.3, 0.4) is 0 Å². The Bertz CT molecular complexity index is 294. The van der Waals surface area contributed by atoms with E-state index in [0.29, 0.717) is 5.92 Å². The van der Waals surface area contributed by atoms with Crippen molar-refractivity contribution in [2.24, 2.45) is 5.92 Å². The lowest BCUT2D eigenvalue weighted by Crippen LogP contribution is -2.08. The molecule has 0 unspecified atom stereocenters. The van der Waals surface area contributed by atoms with E-state index in [4.69, 9.17) is 4.74 Å². The largest absolute Gasteiger partial charge is 0.495 e. The lowest BCUT2D eigenvalue weighted by molar-refractivity contribution is 0.416. The number of nitrogens with one attached hydrogen (secondary N) is 1. The van der Waals surface area contributed by atoms with Crippen LogP contribution in [0.25, 0.3) is 0 Å². The van der Waals surface area contributed by atoms with Gasteiger partial charge < -0.3 is 10.1 Å². The number of aryl methyl sites for hydroxylation is 1. The van der Waals surface area contributed by atoms with E-state index in [2.05, 4.69) is 38.2 Å². The fourth-order valence-corrected chi connectivity index (χ4v) is 1.27. The van der Waals surface area contributed by atoms with Gasteiger partial charge in [0.05, 0.1) is 12.8 Å². The minimum Gasteiger partial charge on any atom is -0.495 e. The molecule has 0 spiro atoms. The van der Waals surface area contributed by atoms with Crippen LogP contribution in [0.5, 0.6) is 5.75 Å². The Morgan fingerprint density at radius 3 is 2.64 bits per heavy atom. The Kier molecular flexibility index (Phi) is 3.81. The van der Waals surface area contributed by atoms with Crippen LogP contribution in [0.2, 0.25) is 0 Å². The van der Waals surface area contributed by atoms with Crippen LogP contribution < -0.4 is 10.1 Å². The predicted octanol–water partition coefficient (Wildman–Crippen LogP) is 3.07. The summed E-state index contributed by atoms with van der Waals surface area (Å²) in [5, 5.41) is 3.38. The van der Waals surface area contributed by atoms with Gasteiger partial charge in [0.25, 0.3) is 0 Å². The lowest BCUT2D eigenvalue weighted by Gasteiger charge is -2.13. The molecule has 0 amide bonds. The summed E-state index contributed by atoms with van der Waals surface area (Å²) in [6.45, 7) is 7.43. The van der Waals surface area contributed by atoms with E-state index in [0.717, 1.165) is 18.0 Å². The van der Waals surface area contributed by atoms with E-state index in [-0.39, 0.29) is 0 Å². The summed E-state index contributed by atoms with van der Waals surface area (Å²) in [4.78, 5) is 0. The van der Waals surface area contributed by atoms with Crippen molar-refractivity contribution in [3.05, 3.63) is 23.8 Å². The normalized spacial score (nSPS) is 10.4. The smallest absolute Gasteiger partial charge is 0.141 e. The van der Waals surface area contributed by atoms with Crippen LogP contribution >= 0.6 is 0 Å². The van der Waals surface area contributed by atoms with E-state index in [1.165, 1.54) is 5.56 Å². The molecule has 0 heterocycles. The van der Waals surface area contributed by atoms with Gasteiger partial charge in [-0.2, -0.15) is 0 Å². The zero-order chi connectivity index (χ0) is 10.6. The van der Waals surface area contributed by atoms with Gasteiger partial charge in [0.1, 0.15) is 5.75 Å². The van der Waals surface area contributed by atoms with Crippen LogP contribution in [0.1, 0.15) is 19.4 Å². The van der Waals surface area contributed by atoms with Crippen molar-refractivity contribution >= 4 is 5.69 Å². The van der Waals surface area contributed by atoms with Crippen molar-refractivity contribution in [2.75, 3.05) is 19.0 Å². The average Bonchev–Trinajstić information content (AvgIpc) is 2.15. The molecule has 1 aromatic rings. The molecule has 14 heavy (non-hydrogen) atoms. The van der Waals surface area contributed by atoms with E-state index in [1.54, 1.807) is 7.11 Å². The number of hydrogen-bond donors (Lipinski definition) is 1. The molecule has 0 saturated heterocycles. The summed E-state index contributed by atoms with van der Waals surface area (Å²) in [6.07, 6.45) is 0. The molecule has 0 bridgehead atoms.